The van der Waals surface area contributed by atoms with Gasteiger partial charge in [-0.25, -0.2) is 8.42 Å². The lowest BCUT2D eigenvalue weighted by Gasteiger charge is -2.28. The van der Waals surface area contributed by atoms with Crippen molar-refractivity contribution in [3.05, 3.63) is 89.5 Å². The molecular weight excluding hydrogens is 452 g/mol. The number of amides is 1. The van der Waals surface area contributed by atoms with Gasteiger partial charge in [0.25, 0.3) is 0 Å². The molecule has 1 heterocycles. The fourth-order valence-electron chi connectivity index (χ4n) is 3.87. The maximum atomic E-state index is 13.0. The number of fused-ring (bicyclic) bond motifs is 1. The first-order valence-corrected chi connectivity index (χ1v) is 12.2. The highest BCUT2D eigenvalue weighted by Gasteiger charge is 2.28. The van der Waals surface area contributed by atoms with Gasteiger partial charge in [-0.2, -0.15) is 4.31 Å². The summed E-state index contributed by atoms with van der Waals surface area (Å²) in [4.78, 5) is 12.8. The van der Waals surface area contributed by atoms with Gasteiger partial charge in [0.2, 0.25) is 15.9 Å². The summed E-state index contributed by atoms with van der Waals surface area (Å²) in [5.41, 5.74) is 3.37. The van der Waals surface area contributed by atoms with Crippen LogP contribution < -0.4 is 14.8 Å². The second-order valence-electron chi connectivity index (χ2n) is 7.82. The lowest BCUT2D eigenvalue weighted by Crippen LogP contribution is -2.36. The van der Waals surface area contributed by atoms with E-state index in [2.05, 4.69) is 5.32 Å². The van der Waals surface area contributed by atoms with Gasteiger partial charge in [0, 0.05) is 24.9 Å². The van der Waals surface area contributed by atoms with Crippen LogP contribution in [0.1, 0.15) is 16.7 Å². The Bertz CT molecular complexity index is 1320. The van der Waals surface area contributed by atoms with Crippen molar-refractivity contribution in [3.63, 3.8) is 0 Å². The van der Waals surface area contributed by atoms with E-state index in [0.717, 1.165) is 16.7 Å². The number of rotatable bonds is 7. The van der Waals surface area contributed by atoms with Crippen LogP contribution in [-0.2, 0) is 27.8 Å². The molecule has 0 saturated carbocycles. The average molecular weight is 479 g/mol. The van der Waals surface area contributed by atoms with E-state index in [-0.39, 0.29) is 17.3 Å². The summed E-state index contributed by atoms with van der Waals surface area (Å²) in [5, 5.41) is 2.85. The second-order valence-corrected chi connectivity index (χ2v) is 9.76. The zero-order valence-corrected chi connectivity index (χ0v) is 19.8. The van der Waals surface area contributed by atoms with Gasteiger partial charge in [-0.1, -0.05) is 30.3 Å². The fraction of sp³-hybridized carbons (Fsp3) is 0.192. The van der Waals surface area contributed by atoms with E-state index < -0.39 is 10.0 Å². The molecule has 34 heavy (non-hydrogen) atoms. The molecule has 0 fully saturated rings. The average Bonchev–Trinajstić information content (AvgIpc) is 2.87. The molecular formula is C26H26N2O5S. The van der Waals surface area contributed by atoms with Crippen LogP contribution >= 0.6 is 0 Å². The van der Waals surface area contributed by atoms with Crippen LogP contribution in [0.4, 0.5) is 5.69 Å². The maximum absolute atomic E-state index is 13.0. The van der Waals surface area contributed by atoms with Gasteiger partial charge in [0.1, 0.15) is 0 Å². The smallest absolute Gasteiger partial charge is 0.248 e. The number of nitrogens with zero attached hydrogens (tertiary/aromatic N) is 1. The first-order valence-electron chi connectivity index (χ1n) is 10.8. The van der Waals surface area contributed by atoms with Crippen LogP contribution in [0.2, 0.25) is 0 Å². The Morgan fingerprint density at radius 2 is 1.71 bits per heavy atom. The van der Waals surface area contributed by atoms with E-state index in [4.69, 9.17) is 9.47 Å². The van der Waals surface area contributed by atoms with Gasteiger partial charge in [-0.05, 0) is 65.6 Å². The molecule has 0 atom stereocenters. The minimum absolute atomic E-state index is 0.262. The molecule has 1 aliphatic rings. The van der Waals surface area contributed by atoms with Crippen molar-refractivity contribution in [2.45, 2.75) is 17.9 Å². The van der Waals surface area contributed by atoms with Gasteiger partial charge in [0.15, 0.2) is 11.5 Å². The molecule has 176 valence electrons. The van der Waals surface area contributed by atoms with Crippen molar-refractivity contribution in [3.8, 4) is 11.5 Å². The third kappa shape index (κ3) is 5.13. The highest BCUT2D eigenvalue weighted by atomic mass is 32.2. The molecule has 1 amide bonds. The number of methoxy groups -OCH3 is 2. The van der Waals surface area contributed by atoms with Crippen LogP contribution in [0.5, 0.6) is 11.5 Å². The summed E-state index contributed by atoms with van der Waals surface area (Å²) in [7, 11) is -0.454. The normalized spacial score (nSPS) is 13.9. The Labute approximate surface area is 199 Å². The third-order valence-electron chi connectivity index (χ3n) is 5.67. The minimum atomic E-state index is -3.58. The minimum Gasteiger partial charge on any atom is -0.493 e. The Morgan fingerprint density at radius 3 is 2.44 bits per heavy atom. The van der Waals surface area contributed by atoms with Gasteiger partial charge in [-0.15, -0.1) is 0 Å². The van der Waals surface area contributed by atoms with Crippen LogP contribution in [-0.4, -0.2) is 39.4 Å². The Morgan fingerprint density at radius 1 is 0.941 bits per heavy atom. The number of carbonyl (C=O) groups excluding carboxylic acids is 1. The van der Waals surface area contributed by atoms with E-state index in [1.54, 1.807) is 62.8 Å². The molecule has 0 unspecified atom stereocenters. The van der Waals surface area contributed by atoms with Gasteiger partial charge >= 0.3 is 0 Å². The molecule has 8 heteroatoms. The number of nitrogens with one attached hydrogen (secondary N) is 1. The van der Waals surface area contributed by atoms with Crippen molar-refractivity contribution in [1.82, 2.24) is 4.31 Å². The topological polar surface area (TPSA) is 84.9 Å². The highest BCUT2D eigenvalue weighted by Crippen LogP contribution is 2.29. The SMILES string of the molecule is COc1ccc(/C=C/C(=O)Nc2ccc3c(c2)CN(S(=O)(=O)c2ccccc2)CC3)cc1OC. The van der Waals surface area contributed by atoms with Gasteiger partial charge in [-0.3, -0.25) is 4.79 Å². The number of ether oxygens (including phenoxy) is 2. The zero-order chi connectivity index (χ0) is 24.1. The van der Waals surface area contributed by atoms with Crippen LogP contribution in [0.15, 0.2) is 77.7 Å². The van der Waals surface area contributed by atoms with Crippen molar-refractivity contribution in [2.75, 3.05) is 26.1 Å². The number of benzene rings is 3. The quantitative estimate of drug-likeness (QED) is 0.517. The van der Waals surface area contributed by atoms with Crippen molar-refractivity contribution < 1.29 is 22.7 Å². The van der Waals surface area contributed by atoms with Crippen LogP contribution in [0.25, 0.3) is 6.08 Å². The molecule has 0 spiro atoms. The number of hydrogen-bond acceptors (Lipinski definition) is 5. The van der Waals surface area contributed by atoms with E-state index >= 15 is 0 Å². The molecule has 3 aromatic carbocycles. The maximum Gasteiger partial charge on any atom is 0.248 e. The van der Waals surface area contributed by atoms with Crippen molar-refractivity contribution >= 4 is 27.7 Å². The highest BCUT2D eigenvalue weighted by molar-refractivity contribution is 7.89. The predicted octanol–water partition coefficient (Wildman–Crippen LogP) is 4.10. The van der Waals surface area contributed by atoms with E-state index in [1.807, 2.05) is 24.3 Å². The zero-order valence-electron chi connectivity index (χ0n) is 19.0. The predicted molar refractivity (Wildman–Crippen MR) is 131 cm³/mol. The first-order chi connectivity index (χ1) is 16.4. The van der Waals surface area contributed by atoms with E-state index in [1.165, 1.54) is 10.4 Å². The van der Waals surface area contributed by atoms with E-state index in [9.17, 15) is 13.2 Å². The molecule has 3 aromatic rings. The summed E-state index contributed by atoms with van der Waals surface area (Å²) < 4.78 is 38.0. The Kier molecular flexibility index (Phi) is 7.00. The van der Waals surface area contributed by atoms with Crippen LogP contribution in [0, 0.1) is 0 Å². The number of anilines is 1. The van der Waals surface area contributed by atoms with Crippen molar-refractivity contribution in [2.24, 2.45) is 0 Å². The van der Waals surface area contributed by atoms with E-state index in [0.29, 0.717) is 30.2 Å². The molecule has 4 rings (SSSR count). The van der Waals surface area contributed by atoms with Gasteiger partial charge in [0.05, 0.1) is 19.1 Å². The lowest BCUT2D eigenvalue weighted by molar-refractivity contribution is -0.111. The largest absolute Gasteiger partial charge is 0.493 e. The Balaban J connectivity index is 1.46. The molecule has 1 aliphatic heterocycles. The lowest BCUT2D eigenvalue weighted by atomic mass is 10.0. The summed E-state index contributed by atoms with van der Waals surface area (Å²) in [5.74, 6) is 0.899. The summed E-state index contributed by atoms with van der Waals surface area (Å²) in [6.45, 7) is 0.682. The molecule has 0 aliphatic carbocycles. The summed E-state index contributed by atoms with van der Waals surface area (Å²) >= 11 is 0. The van der Waals surface area contributed by atoms with Crippen molar-refractivity contribution in [1.29, 1.82) is 0 Å². The van der Waals surface area contributed by atoms with Crippen LogP contribution in [0.3, 0.4) is 0 Å². The third-order valence-corrected chi connectivity index (χ3v) is 7.53. The fourth-order valence-corrected chi connectivity index (χ4v) is 5.31. The molecule has 0 saturated heterocycles. The Hall–Kier alpha value is -3.62. The molecule has 0 aromatic heterocycles. The van der Waals surface area contributed by atoms with Gasteiger partial charge < -0.3 is 14.8 Å². The standard InChI is InChI=1S/C26H26N2O5S/c1-32-24-12-8-19(16-25(24)33-2)9-13-26(29)27-22-11-10-20-14-15-28(18-21(20)17-22)34(30,31)23-6-4-3-5-7-23/h3-13,16-17H,14-15,18H2,1-2H3,(H,27,29)/b13-9+. The number of hydrogen-bond donors (Lipinski definition) is 1. The number of sulfonamides is 1. The monoisotopic (exact) mass is 478 g/mol. The molecule has 7 nitrogen and oxygen atoms in total. The molecule has 1 N–H and O–H groups in total. The summed E-state index contributed by atoms with van der Waals surface area (Å²) in [6.07, 6.45) is 3.74. The molecule has 0 bridgehead atoms. The second kappa shape index (κ2) is 10.1. The molecule has 0 radical (unpaired) electrons. The number of carbonyl (C=O) groups is 1. The first kappa shape index (κ1) is 23.5. The summed E-state index contributed by atoms with van der Waals surface area (Å²) in [6, 6.07) is 19.4.